The summed E-state index contributed by atoms with van der Waals surface area (Å²) in [5, 5.41) is 3.15. The van der Waals surface area contributed by atoms with Crippen LogP contribution in [0.5, 0.6) is 11.5 Å². The first-order valence-electron chi connectivity index (χ1n) is 5.59. The van der Waals surface area contributed by atoms with Crippen LogP contribution >= 0.6 is 0 Å². The molecule has 0 aromatic heterocycles. The number of nitrogens with one attached hydrogen (secondary N) is 1. The maximum atomic E-state index is 10.8. The van der Waals surface area contributed by atoms with Crippen molar-refractivity contribution in [3.05, 3.63) is 23.8 Å². The van der Waals surface area contributed by atoms with Crippen LogP contribution in [0.15, 0.2) is 23.2 Å². The van der Waals surface area contributed by atoms with Crippen LogP contribution in [-0.2, 0) is 4.79 Å². The molecule has 1 aromatic carbocycles. The van der Waals surface area contributed by atoms with Crippen LogP contribution < -0.4 is 20.5 Å². The van der Waals surface area contributed by atoms with E-state index in [0.29, 0.717) is 11.5 Å². The molecular weight excluding hydrogens is 234 g/mol. The molecule has 0 saturated carbocycles. The Morgan fingerprint density at radius 2 is 2.39 bits per heavy atom. The van der Waals surface area contributed by atoms with Gasteiger partial charge in [-0.1, -0.05) is 6.07 Å². The first-order chi connectivity index (χ1) is 8.72. The maximum absolute atomic E-state index is 10.8. The van der Waals surface area contributed by atoms with Crippen LogP contribution in [0.4, 0.5) is 0 Å². The summed E-state index contributed by atoms with van der Waals surface area (Å²) in [6, 6.07) is 5.46. The molecule has 2 rings (SSSR count). The van der Waals surface area contributed by atoms with E-state index >= 15 is 0 Å². The fourth-order valence-electron chi connectivity index (χ4n) is 1.73. The van der Waals surface area contributed by atoms with Crippen LogP contribution in [0, 0.1) is 0 Å². The molecular formula is C12H15N3O3. The van der Waals surface area contributed by atoms with E-state index in [1.54, 1.807) is 13.2 Å². The third-order valence-electron chi connectivity index (χ3n) is 2.49. The largest absolute Gasteiger partial charge is 0.493 e. The van der Waals surface area contributed by atoms with Gasteiger partial charge >= 0.3 is 0 Å². The van der Waals surface area contributed by atoms with E-state index in [-0.39, 0.29) is 6.61 Å². The number of carbonyl (C=O) groups excluding carboxylic acids is 1. The summed E-state index contributed by atoms with van der Waals surface area (Å²) in [4.78, 5) is 15.1. The number of rotatable bonds is 5. The molecule has 18 heavy (non-hydrogen) atoms. The molecule has 1 amide bonds. The van der Waals surface area contributed by atoms with Gasteiger partial charge in [0.15, 0.2) is 18.1 Å². The Bertz CT molecular complexity index is 485. The van der Waals surface area contributed by atoms with Gasteiger partial charge < -0.3 is 20.5 Å². The van der Waals surface area contributed by atoms with Crippen molar-refractivity contribution >= 4 is 11.7 Å². The van der Waals surface area contributed by atoms with Gasteiger partial charge in [-0.3, -0.25) is 9.79 Å². The molecule has 0 aliphatic carbocycles. The first kappa shape index (κ1) is 12.2. The van der Waals surface area contributed by atoms with Crippen molar-refractivity contribution in [3.63, 3.8) is 0 Å². The van der Waals surface area contributed by atoms with Crippen LogP contribution in [0.1, 0.15) is 5.56 Å². The summed E-state index contributed by atoms with van der Waals surface area (Å²) >= 11 is 0. The van der Waals surface area contributed by atoms with Gasteiger partial charge in [0, 0.05) is 6.54 Å². The predicted octanol–water partition coefficient (Wildman–Crippen LogP) is -0.0909. The zero-order valence-electron chi connectivity index (χ0n) is 10.1. The quantitative estimate of drug-likeness (QED) is 0.763. The van der Waals surface area contributed by atoms with E-state index in [2.05, 4.69) is 10.3 Å². The normalized spacial score (nSPS) is 13.7. The van der Waals surface area contributed by atoms with E-state index in [0.717, 1.165) is 24.5 Å². The Kier molecular flexibility index (Phi) is 3.66. The van der Waals surface area contributed by atoms with Crippen LogP contribution in [0.3, 0.4) is 0 Å². The number of ether oxygens (including phenoxy) is 2. The monoisotopic (exact) mass is 249 g/mol. The number of amides is 1. The van der Waals surface area contributed by atoms with Crippen molar-refractivity contribution in [3.8, 4) is 11.5 Å². The molecule has 6 heteroatoms. The molecule has 0 atom stereocenters. The lowest BCUT2D eigenvalue weighted by Crippen LogP contribution is -2.23. The van der Waals surface area contributed by atoms with Gasteiger partial charge in [0.1, 0.15) is 5.84 Å². The van der Waals surface area contributed by atoms with Gasteiger partial charge in [0.2, 0.25) is 0 Å². The summed E-state index contributed by atoms with van der Waals surface area (Å²) in [6.07, 6.45) is 0. The molecule has 1 aliphatic heterocycles. The molecule has 0 spiro atoms. The molecule has 6 nitrogen and oxygen atoms in total. The minimum absolute atomic E-state index is 0.194. The Morgan fingerprint density at radius 3 is 3.00 bits per heavy atom. The fourth-order valence-corrected chi connectivity index (χ4v) is 1.73. The smallest absolute Gasteiger partial charge is 0.255 e. The van der Waals surface area contributed by atoms with Crippen molar-refractivity contribution in [2.45, 2.75) is 0 Å². The highest BCUT2D eigenvalue weighted by atomic mass is 16.5. The number of amidine groups is 1. The number of hydrogen-bond acceptors (Lipinski definition) is 5. The first-order valence-corrected chi connectivity index (χ1v) is 5.59. The third kappa shape index (κ3) is 2.53. The lowest BCUT2D eigenvalue weighted by Gasteiger charge is -2.14. The van der Waals surface area contributed by atoms with Gasteiger partial charge in [-0.25, -0.2) is 0 Å². The number of carbonyl (C=O) groups is 1. The number of aliphatic imine (C=N–C) groups is 1. The van der Waals surface area contributed by atoms with E-state index in [9.17, 15) is 4.79 Å². The number of nitrogens with zero attached hydrogens (tertiary/aromatic N) is 1. The topological polar surface area (TPSA) is 85.9 Å². The predicted molar refractivity (Wildman–Crippen MR) is 67.1 cm³/mol. The number of para-hydroxylation sites is 1. The standard InChI is InChI=1S/C12H15N3O3/c1-17-9-4-2-3-8(12-14-5-6-15-12)11(9)18-7-10(13)16/h2-4H,5-7H2,1H3,(H2,13,16)(H,14,15). The van der Waals surface area contributed by atoms with Crippen molar-refractivity contribution in [1.29, 1.82) is 0 Å². The highest BCUT2D eigenvalue weighted by Gasteiger charge is 2.17. The average molecular weight is 249 g/mol. The molecule has 0 radical (unpaired) electrons. The van der Waals surface area contributed by atoms with Crippen molar-refractivity contribution in [2.75, 3.05) is 26.8 Å². The zero-order chi connectivity index (χ0) is 13.0. The Balaban J connectivity index is 2.34. The fraction of sp³-hybridized carbons (Fsp3) is 0.333. The number of nitrogens with two attached hydrogens (primary N) is 1. The molecule has 1 heterocycles. The molecule has 1 aliphatic rings. The van der Waals surface area contributed by atoms with Gasteiger partial charge in [-0.2, -0.15) is 0 Å². The molecule has 0 bridgehead atoms. The summed E-state index contributed by atoms with van der Waals surface area (Å²) in [7, 11) is 1.54. The van der Waals surface area contributed by atoms with Crippen molar-refractivity contribution in [2.24, 2.45) is 10.7 Å². The Hall–Kier alpha value is -2.24. The van der Waals surface area contributed by atoms with Crippen LogP contribution in [0.25, 0.3) is 0 Å². The van der Waals surface area contributed by atoms with Gasteiger partial charge in [0.05, 0.1) is 19.2 Å². The van der Waals surface area contributed by atoms with Crippen molar-refractivity contribution < 1.29 is 14.3 Å². The zero-order valence-corrected chi connectivity index (χ0v) is 10.1. The molecule has 1 aromatic rings. The molecule has 0 unspecified atom stereocenters. The summed E-state index contributed by atoms with van der Waals surface area (Å²) in [6.45, 7) is 1.32. The Labute approximate surface area is 105 Å². The number of hydrogen-bond donors (Lipinski definition) is 2. The van der Waals surface area contributed by atoms with Crippen LogP contribution in [0.2, 0.25) is 0 Å². The third-order valence-corrected chi connectivity index (χ3v) is 2.49. The van der Waals surface area contributed by atoms with Gasteiger partial charge in [-0.05, 0) is 12.1 Å². The van der Waals surface area contributed by atoms with E-state index < -0.39 is 5.91 Å². The lowest BCUT2D eigenvalue weighted by molar-refractivity contribution is -0.119. The summed E-state index contributed by atoms with van der Waals surface area (Å²) in [5.41, 5.74) is 5.86. The van der Waals surface area contributed by atoms with E-state index in [1.807, 2.05) is 12.1 Å². The van der Waals surface area contributed by atoms with Crippen LogP contribution in [-0.4, -0.2) is 38.5 Å². The second-order valence-corrected chi connectivity index (χ2v) is 3.75. The average Bonchev–Trinajstić information content (AvgIpc) is 2.89. The van der Waals surface area contributed by atoms with Crippen molar-refractivity contribution in [1.82, 2.24) is 5.32 Å². The summed E-state index contributed by atoms with van der Waals surface area (Å²) in [5.74, 6) is 1.23. The molecule has 3 N–H and O–H groups in total. The Morgan fingerprint density at radius 1 is 1.56 bits per heavy atom. The number of methoxy groups -OCH3 is 1. The molecule has 0 fully saturated rings. The summed E-state index contributed by atoms with van der Waals surface area (Å²) < 4.78 is 10.6. The van der Waals surface area contributed by atoms with Gasteiger partial charge in [0.25, 0.3) is 5.91 Å². The lowest BCUT2D eigenvalue weighted by atomic mass is 10.1. The minimum atomic E-state index is -0.534. The number of primary amides is 1. The highest BCUT2D eigenvalue weighted by Crippen LogP contribution is 2.31. The van der Waals surface area contributed by atoms with E-state index in [4.69, 9.17) is 15.2 Å². The number of benzene rings is 1. The molecule has 0 saturated heterocycles. The minimum Gasteiger partial charge on any atom is -0.493 e. The van der Waals surface area contributed by atoms with Gasteiger partial charge in [-0.15, -0.1) is 0 Å². The maximum Gasteiger partial charge on any atom is 0.255 e. The SMILES string of the molecule is COc1cccc(C2=NCCN2)c1OCC(N)=O. The second kappa shape index (κ2) is 5.39. The second-order valence-electron chi connectivity index (χ2n) is 3.75. The highest BCUT2D eigenvalue weighted by molar-refractivity contribution is 6.02. The van der Waals surface area contributed by atoms with E-state index in [1.165, 1.54) is 0 Å². The molecule has 96 valence electrons.